The highest BCUT2D eigenvalue weighted by Crippen LogP contribution is 2.07. The van der Waals surface area contributed by atoms with Crippen molar-refractivity contribution in [2.45, 2.75) is 20.4 Å². The lowest BCUT2D eigenvalue weighted by molar-refractivity contribution is 0.0945. The molecular weight excluding hydrogens is 254 g/mol. The van der Waals surface area contributed by atoms with Crippen LogP contribution in [-0.2, 0) is 6.54 Å². The first-order valence-corrected chi connectivity index (χ1v) is 6.47. The second-order valence-corrected chi connectivity index (χ2v) is 4.34. The molecule has 1 aromatic heterocycles. The summed E-state index contributed by atoms with van der Waals surface area (Å²) in [5.41, 5.74) is 2.54. The summed E-state index contributed by atoms with van der Waals surface area (Å²) < 4.78 is 5.24. The quantitative estimate of drug-likeness (QED) is 0.904. The van der Waals surface area contributed by atoms with E-state index < -0.39 is 0 Å². The summed E-state index contributed by atoms with van der Waals surface area (Å²) in [6.45, 7) is 4.85. The Morgan fingerprint density at radius 3 is 2.70 bits per heavy atom. The highest BCUT2D eigenvalue weighted by atomic mass is 16.5. The third-order valence-electron chi connectivity index (χ3n) is 2.74. The Hall–Kier alpha value is -2.43. The van der Waals surface area contributed by atoms with Crippen molar-refractivity contribution in [2.75, 3.05) is 6.61 Å². The molecule has 2 rings (SSSR count). The third kappa shape index (κ3) is 3.78. The van der Waals surface area contributed by atoms with Crippen molar-refractivity contribution in [3.8, 4) is 5.88 Å². The molecule has 0 fully saturated rings. The van der Waals surface area contributed by atoms with Crippen molar-refractivity contribution >= 4 is 5.91 Å². The number of carbonyl (C=O) groups is 1. The van der Waals surface area contributed by atoms with Crippen molar-refractivity contribution < 1.29 is 9.53 Å². The summed E-state index contributed by atoms with van der Waals surface area (Å²) in [4.78, 5) is 19.9. The number of aromatic nitrogens is 2. The van der Waals surface area contributed by atoms with Gasteiger partial charge in [0.2, 0.25) is 5.88 Å². The Bertz CT molecular complexity index is 582. The van der Waals surface area contributed by atoms with Gasteiger partial charge in [-0.05, 0) is 19.4 Å². The van der Waals surface area contributed by atoms with Gasteiger partial charge in [-0.2, -0.15) is 0 Å². The summed E-state index contributed by atoms with van der Waals surface area (Å²) in [6, 6.07) is 9.54. The van der Waals surface area contributed by atoms with Crippen LogP contribution in [-0.4, -0.2) is 22.5 Å². The second kappa shape index (κ2) is 6.65. The number of nitrogens with zero attached hydrogens (tertiary/aromatic N) is 2. The number of aryl methyl sites for hydroxylation is 1. The summed E-state index contributed by atoms with van der Waals surface area (Å²) in [5.74, 6) is 0.164. The molecule has 0 radical (unpaired) electrons. The van der Waals surface area contributed by atoms with Crippen molar-refractivity contribution in [3.05, 3.63) is 53.5 Å². The molecule has 0 aliphatic carbocycles. The van der Waals surface area contributed by atoms with E-state index in [1.165, 1.54) is 18.0 Å². The molecule has 1 amide bonds. The normalized spacial score (nSPS) is 10.1. The van der Waals surface area contributed by atoms with Gasteiger partial charge in [-0.3, -0.25) is 4.79 Å². The van der Waals surface area contributed by atoms with E-state index in [1.807, 2.05) is 38.1 Å². The van der Waals surface area contributed by atoms with Gasteiger partial charge >= 0.3 is 0 Å². The van der Waals surface area contributed by atoms with Gasteiger partial charge < -0.3 is 10.1 Å². The van der Waals surface area contributed by atoms with Crippen LogP contribution in [0.15, 0.2) is 36.7 Å². The summed E-state index contributed by atoms with van der Waals surface area (Å²) in [7, 11) is 0. The molecule has 1 heterocycles. The van der Waals surface area contributed by atoms with Crippen molar-refractivity contribution in [1.82, 2.24) is 15.3 Å². The zero-order valence-electron chi connectivity index (χ0n) is 11.6. The maximum absolute atomic E-state index is 12.0. The second-order valence-electron chi connectivity index (χ2n) is 4.34. The van der Waals surface area contributed by atoms with Crippen LogP contribution in [0.3, 0.4) is 0 Å². The lowest BCUT2D eigenvalue weighted by Crippen LogP contribution is -2.24. The van der Waals surface area contributed by atoms with E-state index in [9.17, 15) is 4.79 Å². The molecular formula is C15H17N3O2. The predicted molar refractivity (Wildman–Crippen MR) is 75.6 cm³/mol. The van der Waals surface area contributed by atoms with Gasteiger partial charge in [0.15, 0.2) is 0 Å². The highest BCUT2D eigenvalue weighted by molar-refractivity contribution is 5.92. The first-order valence-electron chi connectivity index (χ1n) is 6.47. The topological polar surface area (TPSA) is 64.1 Å². The van der Waals surface area contributed by atoms with Crippen LogP contribution < -0.4 is 10.1 Å². The van der Waals surface area contributed by atoms with Gasteiger partial charge in [-0.15, -0.1) is 0 Å². The zero-order chi connectivity index (χ0) is 14.4. The first kappa shape index (κ1) is 14.0. The number of nitrogens with one attached hydrogen (secondary N) is 1. The Morgan fingerprint density at radius 1 is 1.25 bits per heavy atom. The molecule has 1 aromatic carbocycles. The lowest BCUT2D eigenvalue weighted by atomic mass is 10.1. The number of hydrogen-bond acceptors (Lipinski definition) is 4. The first-order chi connectivity index (χ1) is 9.69. The minimum atomic E-state index is -0.242. The Balaban J connectivity index is 1.97. The average molecular weight is 271 g/mol. The molecule has 0 saturated heterocycles. The van der Waals surface area contributed by atoms with E-state index in [-0.39, 0.29) is 5.91 Å². The van der Waals surface area contributed by atoms with Crippen LogP contribution in [0.4, 0.5) is 0 Å². The molecule has 0 aliphatic heterocycles. The molecule has 0 spiro atoms. The van der Waals surface area contributed by atoms with E-state index in [0.29, 0.717) is 24.7 Å². The van der Waals surface area contributed by atoms with E-state index in [4.69, 9.17) is 4.74 Å². The van der Waals surface area contributed by atoms with Crippen molar-refractivity contribution in [1.29, 1.82) is 0 Å². The van der Waals surface area contributed by atoms with Crippen LogP contribution in [0.1, 0.15) is 28.5 Å². The van der Waals surface area contributed by atoms with E-state index in [0.717, 1.165) is 5.56 Å². The predicted octanol–water partition coefficient (Wildman–Crippen LogP) is 2.11. The number of carbonyl (C=O) groups excluding carboxylic acids is 1. The zero-order valence-corrected chi connectivity index (χ0v) is 11.6. The van der Waals surface area contributed by atoms with Gasteiger partial charge in [0.25, 0.3) is 5.91 Å². The third-order valence-corrected chi connectivity index (χ3v) is 2.74. The molecule has 0 unspecified atom stereocenters. The minimum Gasteiger partial charge on any atom is -0.478 e. The summed E-state index contributed by atoms with van der Waals surface area (Å²) in [6.07, 6.45) is 1.33. The standard InChI is InChI=1S/C15H17N3O2/c1-3-20-14-8-13(17-10-18-14)15(19)16-9-12-6-4-11(2)5-7-12/h4-8,10H,3,9H2,1-2H3,(H,16,19). The van der Waals surface area contributed by atoms with Crippen molar-refractivity contribution in [3.63, 3.8) is 0 Å². The average Bonchev–Trinajstić information content (AvgIpc) is 2.47. The number of benzene rings is 1. The fraction of sp³-hybridized carbons (Fsp3) is 0.267. The molecule has 104 valence electrons. The summed E-state index contributed by atoms with van der Waals surface area (Å²) >= 11 is 0. The molecule has 0 aliphatic rings. The molecule has 1 N–H and O–H groups in total. The SMILES string of the molecule is CCOc1cc(C(=O)NCc2ccc(C)cc2)ncn1. The van der Waals surface area contributed by atoms with Gasteiger partial charge in [0.1, 0.15) is 12.0 Å². The molecule has 5 nitrogen and oxygen atoms in total. The fourth-order valence-electron chi connectivity index (χ4n) is 1.67. The number of hydrogen-bond donors (Lipinski definition) is 1. The van der Waals surface area contributed by atoms with Gasteiger partial charge in [0, 0.05) is 12.6 Å². The Kier molecular flexibility index (Phi) is 4.65. The lowest BCUT2D eigenvalue weighted by Gasteiger charge is -2.06. The Labute approximate surface area is 118 Å². The van der Waals surface area contributed by atoms with Gasteiger partial charge in [0.05, 0.1) is 6.61 Å². The highest BCUT2D eigenvalue weighted by Gasteiger charge is 2.08. The fourth-order valence-corrected chi connectivity index (χ4v) is 1.67. The molecule has 20 heavy (non-hydrogen) atoms. The van der Waals surface area contributed by atoms with Crippen molar-refractivity contribution in [2.24, 2.45) is 0 Å². The maximum Gasteiger partial charge on any atom is 0.270 e. The number of amides is 1. The molecule has 0 saturated carbocycles. The molecule has 2 aromatic rings. The van der Waals surface area contributed by atoms with Gasteiger partial charge in [-0.25, -0.2) is 9.97 Å². The largest absolute Gasteiger partial charge is 0.478 e. The smallest absolute Gasteiger partial charge is 0.270 e. The van der Waals surface area contributed by atoms with Crippen LogP contribution in [0, 0.1) is 6.92 Å². The molecule has 0 bridgehead atoms. The van der Waals surface area contributed by atoms with E-state index in [1.54, 1.807) is 0 Å². The van der Waals surface area contributed by atoms with Crippen LogP contribution in [0.2, 0.25) is 0 Å². The van der Waals surface area contributed by atoms with Crippen LogP contribution in [0.25, 0.3) is 0 Å². The number of rotatable bonds is 5. The van der Waals surface area contributed by atoms with Crippen LogP contribution >= 0.6 is 0 Å². The Morgan fingerprint density at radius 2 is 2.00 bits per heavy atom. The van der Waals surface area contributed by atoms with E-state index >= 15 is 0 Å². The molecule has 5 heteroatoms. The van der Waals surface area contributed by atoms with Crippen LogP contribution in [0.5, 0.6) is 5.88 Å². The summed E-state index contributed by atoms with van der Waals surface area (Å²) in [5, 5.41) is 2.82. The minimum absolute atomic E-state index is 0.242. The van der Waals surface area contributed by atoms with Gasteiger partial charge in [-0.1, -0.05) is 29.8 Å². The monoisotopic (exact) mass is 271 g/mol. The van der Waals surface area contributed by atoms with E-state index in [2.05, 4.69) is 15.3 Å². The molecule has 0 atom stereocenters. The number of ether oxygens (including phenoxy) is 1. The maximum atomic E-state index is 12.0.